The molecule has 27 heavy (non-hydrogen) atoms. The van der Waals surface area contributed by atoms with E-state index in [-0.39, 0.29) is 0 Å². The molecule has 0 aliphatic heterocycles. The van der Waals surface area contributed by atoms with Crippen molar-refractivity contribution in [2.75, 3.05) is 11.5 Å². The maximum Gasteiger partial charge on any atom is 0.0381 e. The minimum absolute atomic E-state index is 0.390. The van der Waals surface area contributed by atoms with Crippen molar-refractivity contribution in [1.82, 2.24) is 0 Å². The zero-order valence-corrected chi connectivity index (χ0v) is 18.1. The van der Waals surface area contributed by atoms with Crippen molar-refractivity contribution >= 4 is 11.4 Å². The topological polar surface area (TPSA) is 52.0 Å². The molecule has 2 aromatic carbocycles. The summed E-state index contributed by atoms with van der Waals surface area (Å²) in [5.74, 6) is 1.51. The predicted molar refractivity (Wildman–Crippen MR) is 120 cm³/mol. The van der Waals surface area contributed by atoms with Gasteiger partial charge in [-0.25, -0.2) is 0 Å². The average Bonchev–Trinajstić information content (AvgIpc) is 2.63. The van der Waals surface area contributed by atoms with Crippen LogP contribution in [0, 0.1) is 5.92 Å². The van der Waals surface area contributed by atoms with Crippen molar-refractivity contribution < 1.29 is 0 Å². The summed E-state index contributed by atoms with van der Waals surface area (Å²) in [5.41, 5.74) is 21.1. The maximum atomic E-state index is 6.47. The molecule has 2 heteroatoms. The van der Waals surface area contributed by atoms with Gasteiger partial charge in [-0.2, -0.15) is 0 Å². The molecule has 148 valence electrons. The maximum absolute atomic E-state index is 6.47. The Morgan fingerprint density at radius 1 is 0.778 bits per heavy atom. The first-order chi connectivity index (χ1) is 12.8. The summed E-state index contributed by atoms with van der Waals surface area (Å²) in [4.78, 5) is 0. The molecule has 0 aliphatic carbocycles. The summed E-state index contributed by atoms with van der Waals surface area (Å²) in [6, 6.07) is 11.3. The smallest absolute Gasteiger partial charge is 0.0381 e. The lowest BCUT2D eigenvalue weighted by molar-refractivity contribution is 0.528. The summed E-state index contributed by atoms with van der Waals surface area (Å²) < 4.78 is 0. The first kappa shape index (κ1) is 21.3. The third-order valence-corrected chi connectivity index (χ3v) is 5.71. The number of nitrogens with two attached hydrogens (primary N) is 2. The molecule has 0 heterocycles. The van der Waals surface area contributed by atoms with Crippen LogP contribution < -0.4 is 11.5 Å². The molecule has 0 amide bonds. The van der Waals surface area contributed by atoms with Crippen LogP contribution >= 0.6 is 0 Å². The molecule has 0 aromatic heterocycles. The molecule has 0 saturated carbocycles. The molecule has 2 aromatic rings. The molecule has 1 unspecified atom stereocenters. The lowest BCUT2D eigenvalue weighted by atomic mass is 9.81. The second-order valence-electron chi connectivity index (χ2n) is 8.53. The van der Waals surface area contributed by atoms with Crippen LogP contribution in [0.4, 0.5) is 11.4 Å². The first-order valence-corrected chi connectivity index (χ1v) is 10.6. The van der Waals surface area contributed by atoms with Crippen molar-refractivity contribution in [1.29, 1.82) is 0 Å². The van der Waals surface area contributed by atoms with Crippen LogP contribution in [0.5, 0.6) is 0 Å². The van der Waals surface area contributed by atoms with E-state index in [1.54, 1.807) is 0 Å². The van der Waals surface area contributed by atoms with Crippen LogP contribution in [0.15, 0.2) is 30.3 Å². The number of aryl methyl sites for hydroxylation is 2. The van der Waals surface area contributed by atoms with Crippen LogP contribution in [0.3, 0.4) is 0 Å². The normalized spacial score (nSPS) is 12.7. The molecular formula is C25H38N2. The van der Waals surface area contributed by atoms with Gasteiger partial charge in [0.2, 0.25) is 0 Å². The largest absolute Gasteiger partial charge is 0.399 e. The highest BCUT2D eigenvalue weighted by atomic mass is 14.6. The van der Waals surface area contributed by atoms with Crippen LogP contribution in [0.25, 0.3) is 0 Å². The molecule has 0 aliphatic rings. The fourth-order valence-corrected chi connectivity index (χ4v) is 3.91. The zero-order valence-electron chi connectivity index (χ0n) is 18.1. The number of benzene rings is 2. The van der Waals surface area contributed by atoms with Crippen LogP contribution in [0.1, 0.15) is 94.0 Å². The fourth-order valence-electron chi connectivity index (χ4n) is 3.91. The quantitative estimate of drug-likeness (QED) is 0.513. The van der Waals surface area contributed by atoms with E-state index < -0.39 is 0 Å². The van der Waals surface area contributed by atoms with E-state index in [9.17, 15) is 0 Å². The van der Waals surface area contributed by atoms with E-state index in [1.165, 1.54) is 34.2 Å². The Labute approximate surface area is 166 Å². The van der Waals surface area contributed by atoms with Crippen molar-refractivity contribution in [3.8, 4) is 0 Å². The summed E-state index contributed by atoms with van der Waals surface area (Å²) >= 11 is 0. The summed E-state index contributed by atoms with van der Waals surface area (Å²) in [7, 11) is 0. The van der Waals surface area contributed by atoms with Gasteiger partial charge in [0, 0.05) is 17.3 Å². The molecule has 0 spiro atoms. The van der Waals surface area contributed by atoms with E-state index >= 15 is 0 Å². The Hall–Kier alpha value is -1.96. The first-order valence-electron chi connectivity index (χ1n) is 10.6. The minimum Gasteiger partial charge on any atom is -0.399 e. The summed E-state index contributed by atoms with van der Waals surface area (Å²) in [6.07, 6.45) is 4.29. The molecular weight excluding hydrogens is 328 g/mol. The van der Waals surface area contributed by atoms with E-state index in [1.807, 2.05) is 0 Å². The Kier molecular flexibility index (Phi) is 7.35. The number of anilines is 2. The van der Waals surface area contributed by atoms with Gasteiger partial charge in [0.05, 0.1) is 0 Å². The molecule has 2 nitrogen and oxygen atoms in total. The third-order valence-electron chi connectivity index (χ3n) is 5.71. The number of hydrogen-bond acceptors (Lipinski definition) is 2. The van der Waals surface area contributed by atoms with Crippen LogP contribution in [-0.2, 0) is 12.8 Å². The molecule has 0 fully saturated rings. The highest BCUT2D eigenvalue weighted by Gasteiger charge is 2.19. The van der Waals surface area contributed by atoms with Gasteiger partial charge >= 0.3 is 0 Å². The Bertz CT molecular complexity index is 759. The average molecular weight is 367 g/mol. The van der Waals surface area contributed by atoms with E-state index in [2.05, 4.69) is 71.9 Å². The van der Waals surface area contributed by atoms with Gasteiger partial charge in [-0.1, -0.05) is 72.2 Å². The van der Waals surface area contributed by atoms with Gasteiger partial charge in [-0.3, -0.25) is 0 Å². The van der Waals surface area contributed by atoms with Crippen LogP contribution in [0.2, 0.25) is 0 Å². The zero-order chi connectivity index (χ0) is 20.1. The SMILES string of the molecule is CCc1cc(C(CCC(C)C)c2cc(CC)c(N)c(C(C)C)c2)ccc1N. The molecule has 0 bridgehead atoms. The summed E-state index contributed by atoms with van der Waals surface area (Å²) in [5, 5.41) is 0. The van der Waals surface area contributed by atoms with Gasteiger partial charge in [0.25, 0.3) is 0 Å². The molecule has 2 rings (SSSR count). The van der Waals surface area contributed by atoms with Crippen LogP contribution in [-0.4, -0.2) is 0 Å². The fraction of sp³-hybridized carbons (Fsp3) is 0.520. The number of rotatable bonds is 8. The molecule has 4 N–H and O–H groups in total. The van der Waals surface area contributed by atoms with Gasteiger partial charge in [0.1, 0.15) is 0 Å². The molecule has 0 radical (unpaired) electrons. The van der Waals surface area contributed by atoms with Crippen molar-refractivity contribution in [2.45, 2.75) is 79.1 Å². The Morgan fingerprint density at radius 3 is 1.96 bits per heavy atom. The highest BCUT2D eigenvalue weighted by molar-refractivity contribution is 5.59. The van der Waals surface area contributed by atoms with Gasteiger partial charge in [0.15, 0.2) is 0 Å². The Morgan fingerprint density at radius 2 is 1.41 bits per heavy atom. The number of nitrogen functional groups attached to an aromatic ring is 2. The lowest BCUT2D eigenvalue weighted by Gasteiger charge is -2.24. The summed E-state index contributed by atoms with van der Waals surface area (Å²) in [6.45, 7) is 13.4. The van der Waals surface area contributed by atoms with E-state index in [0.717, 1.165) is 30.6 Å². The van der Waals surface area contributed by atoms with Gasteiger partial charge in [-0.15, -0.1) is 0 Å². The second kappa shape index (κ2) is 9.30. The minimum atomic E-state index is 0.390. The van der Waals surface area contributed by atoms with Gasteiger partial charge < -0.3 is 11.5 Å². The van der Waals surface area contributed by atoms with Crippen molar-refractivity contribution in [3.05, 3.63) is 58.1 Å². The second-order valence-corrected chi connectivity index (χ2v) is 8.53. The lowest BCUT2D eigenvalue weighted by Crippen LogP contribution is -2.09. The van der Waals surface area contributed by atoms with E-state index in [0.29, 0.717) is 17.8 Å². The molecule has 0 saturated heterocycles. The standard InChI is InChI=1S/C25H38N2/c1-7-18-13-20(10-12-24(18)26)22(11-9-16(3)4)21-14-19(8-2)25(27)23(15-21)17(5)6/h10,12-17,22H,7-9,11,26-27H2,1-6H3. The molecule has 1 atom stereocenters. The van der Waals surface area contributed by atoms with E-state index in [4.69, 9.17) is 11.5 Å². The highest BCUT2D eigenvalue weighted by Crippen LogP contribution is 2.37. The van der Waals surface area contributed by atoms with Crippen molar-refractivity contribution in [3.63, 3.8) is 0 Å². The third kappa shape index (κ3) is 5.06. The van der Waals surface area contributed by atoms with Crippen molar-refractivity contribution in [2.24, 2.45) is 5.92 Å². The predicted octanol–water partition coefficient (Wildman–Crippen LogP) is 6.67. The Balaban J connectivity index is 2.59. The monoisotopic (exact) mass is 366 g/mol. The van der Waals surface area contributed by atoms with Gasteiger partial charge in [-0.05, 0) is 65.0 Å². The number of hydrogen-bond donors (Lipinski definition) is 2.